The Morgan fingerprint density at radius 1 is 0.701 bits per heavy atom. The van der Waals surface area contributed by atoms with E-state index < -0.39 is 84.7 Å². The van der Waals surface area contributed by atoms with Gasteiger partial charge >= 0.3 is 5.97 Å². The Balaban J connectivity index is 0.567. The number of aliphatic hydroxyl groups excluding tert-OH is 1. The second-order valence-electron chi connectivity index (χ2n) is 28.5. The highest BCUT2D eigenvalue weighted by molar-refractivity contribution is 6.04. The van der Waals surface area contributed by atoms with Gasteiger partial charge in [0.05, 0.1) is 89.0 Å². The summed E-state index contributed by atoms with van der Waals surface area (Å²) < 4.78 is 37.1. The van der Waals surface area contributed by atoms with Gasteiger partial charge in [0.25, 0.3) is 11.8 Å². The van der Waals surface area contributed by atoms with Gasteiger partial charge < -0.3 is 80.1 Å². The van der Waals surface area contributed by atoms with Gasteiger partial charge in [0.15, 0.2) is 23.0 Å². The van der Waals surface area contributed by atoms with Crippen molar-refractivity contribution >= 4 is 70.3 Å². The van der Waals surface area contributed by atoms with E-state index in [0.717, 1.165) is 47.4 Å². The monoisotopic (exact) mass is 1460 g/mol. The van der Waals surface area contributed by atoms with Crippen molar-refractivity contribution in [1.29, 1.82) is 0 Å². The Labute approximate surface area is 618 Å². The first kappa shape index (κ1) is 73.8. The number of carbonyl (C=O) groups excluding carboxylic acids is 9. The van der Waals surface area contributed by atoms with Gasteiger partial charge in [-0.2, -0.15) is 0 Å². The lowest BCUT2D eigenvalue weighted by Crippen LogP contribution is -2.55. The summed E-state index contributed by atoms with van der Waals surface area (Å²) >= 11 is 0. The van der Waals surface area contributed by atoms with Crippen LogP contribution in [0.25, 0.3) is 22.5 Å². The Hall–Kier alpha value is -11.6. The highest BCUT2D eigenvalue weighted by atomic mass is 16.5. The predicted octanol–water partition coefficient (Wildman–Crippen LogP) is 6.79. The summed E-state index contributed by atoms with van der Waals surface area (Å²) in [6.07, 6.45) is 1.79. The molecule has 13 rings (SSSR count). The SMILES string of the molecule is COc1ccc(C2C[C@H]3CNc4cc(OCCCOc5cc6c(cc5OC)C(=O)N5CC7(CC7)C[C@H]5[C@H](O)C6C(=O)OCc5ccc(NC(=O)[C@H](C)NC(=O)[C@@H](NC(=O)CNC(=O)CNC(=O)CCC(=O)N6Cc7ccccc7-c7c(nnn7C)-c7ccccc76)C(C)C)cc5)c(OC)cc4C(=O)N3C2)cc1. The number of ether oxygens (including phenoxy) is 6. The number of benzene rings is 6. The zero-order valence-electron chi connectivity index (χ0n) is 60.7. The number of aliphatic hydroxyl groups is 1. The van der Waals surface area contributed by atoms with Gasteiger partial charge in [-0.05, 0) is 115 Å². The van der Waals surface area contributed by atoms with Crippen molar-refractivity contribution in [3.05, 3.63) is 155 Å². The molecule has 8 amide bonds. The van der Waals surface area contributed by atoms with E-state index in [0.29, 0.717) is 83.4 Å². The zero-order valence-corrected chi connectivity index (χ0v) is 60.7. The average Bonchev–Trinajstić information content (AvgIpc) is 1.57. The highest BCUT2D eigenvalue weighted by Gasteiger charge is 2.58. The first-order valence-electron chi connectivity index (χ1n) is 36.1. The summed E-state index contributed by atoms with van der Waals surface area (Å²) in [5, 5.41) is 37.4. The van der Waals surface area contributed by atoms with Gasteiger partial charge in [-0.3, -0.25) is 43.2 Å². The zero-order chi connectivity index (χ0) is 75.4. The molecule has 3 fully saturated rings. The van der Waals surface area contributed by atoms with Crippen LogP contribution in [0, 0.1) is 11.3 Å². The summed E-state index contributed by atoms with van der Waals surface area (Å²) in [5.74, 6) is -4.20. The van der Waals surface area contributed by atoms with E-state index in [2.05, 4.69) is 54.3 Å². The van der Waals surface area contributed by atoms with Crippen LogP contribution in [0.15, 0.2) is 121 Å². The molecule has 6 aliphatic rings. The van der Waals surface area contributed by atoms with Gasteiger partial charge in [0.2, 0.25) is 35.4 Å². The number of fused-ring (bicyclic) bond motifs is 9. The molecule has 7 aromatic rings. The van der Waals surface area contributed by atoms with Crippen molar-refractivity contribution in [2.75, 3.05) is 82.8 Å². The number of nitrogens with one attached hydrogen (secondary N) is 6. The van der Waals surface area contributed by atoms with E-state index in [1.165, 1.54) is 21.1 Å². The first-order chi connectivity index (χ1) is 51.6. The van der Waals surface area contributed by atoms with Gasteiger partial charge in [0, 0.05) is 86.3 Å². The Kier molecular flexibility index (Phi) is 21.8. The largest absolute Gasteiger partial charge is 0.497 e. The van der Waals surface area contributed by atoms with Gasteiger partial charge in [0.1, 0.15) is 36.1 Å². The van der Waals surface area contributed by atoms with Crippen LogP contribution >= 0.6 is 0 Å². The minimum absolute atomic E-state index is 0.0136. The summed E-state index contributed by atoms with van der Waals surface area (Å²) in [4.78, 5) is 128. The number of anilines is 3. The predicted molar refractivity (Wildman–Crippen MR) is 393 cm³/mol. The molecule has 7 atom stereocenters. The maximum Gasteiger partial charge on any atom is 0.316 e. The Morgan fingerprint density at radius 2 is 1.37 bits per heavy atom. The molecule has 0 bridgehead atoms. The molecule has 5 aliphatic heterocycles. The molecule has 2 unspecified atom stereocenters. The van der Waals surface area contributed by atoms with Crippen LogP contribution in [0.5, 0.6) is 28.7 Å². The number of amides is 8. The lowest BCUT2D eigenvalue weighted by molar-refractivity contribution is -0.150. The first-order valence-corrected chi connectivity index (χ1v) is 36.1. The van der Waals surface area contributed by atoms with Crippen LogP contribution in [-0.4, -0.2) is 181 Å². The van der Waals surface area contributed by atoms with Crippen molar-refractivity contribution < 1.29 is 76.7 Å². The minimum Gasteiger partial charge on any atom is -0.497 e. The number of aromatic nitrogens is 3. The number of methoxy groups -OCH3 is 3. The van der Waals surface area contributed by atoms with Crippen molar-refractivity contribution in [2.45, 2.75) is 121 Å². The van der Waals surface area contributed by atoms with Gasteiger partial charge in [-0.25, -0.2) is 4.68 Å². The van der Waals surface area contributed by atoms with Crippen LogP contribution < -0.4 is 60.5 Å². The fraction of sp³-hybridized carbons (Fsp3) is 0.405. The fourth-order valence-corrected chi connectivity index (χ4v) is 15.0. The summed E-state index contributed by atoms with van der Waals surface area (Å²) in [6, 6.07) is 33.2. The lowest BCUT2D eigenvalue weighted by atomic mass is 9.85. The number of rotatable bonds is 26. The van der Waals surface area contributed by atoms with E-state index in [1.54, 1.807) is 84.0 Å². The molecule has 28 nitrogen and oxygen atoms in total. The van der Waals surface area contributed by atoms with Crippen LogP contribution in [-0.2, 0) is 58.5 Å². The van der Waals surface area contributed by atoms with E-state index >= 15 is 0 Å². The summed E-state index contributed by atoms with van der Waals surface area (Å²) in [6.45, 7) is 5.73. The number of para-hydroxylation sites is 1. The average molecular weight is 1460 g/mol. The second-order valence-corrected chi connectivity index (χ2v) is 28.5. The Morgan fingerprint density at radius 3 is 2.08 bits per heavy atom. The summed E-state index contributed by atoms with van der Waals surface area (Å²) in [5.41, 5.74) is 7.96. The molecule has 1 aliphatic carbocycles. The van der Waals surface area contributed by atoms with Crippen LogP contribution in [0.3, 0.4) is 0 Å². The third-order valence-electron chi connectivity index (χ3n) is 21.0. The quantitative estimate of drug-likeness (QED) is 0.0217. The number of nitrogens with zero attached hydrogens (tertiary/aromatic N) is 6. The van der Waals surface area contributed by atoms with Crippen molar-refractivity contribution in [2.24, 2.45) is 18.4 Å². The second kappa shape index (κ2) is 31.6. The molecule has 7 N–H and O–H groups in total. The normalized spacial score (nSPS) is 19.0. The Bertz CT molecular complexity index is 4580. The van der Waals surface area contributed by atoms with Crippen molar-refractivity contribution in [1.82, 2.24) is 46.1 Å². The molecule has 0 radical (unpaired) electrons. The van der Waals surface area contributed by atoms with Crippen LogP contribution in [0.1, 0.15) is 121 Å². The number of carbonyl (C=O) groups is 9. The molecule has 560 valence electrons. The number of hydrogen-bond donors (Lipinski definition) is 7. The fourth-order valence-electron chi connectivity index (χ4n) is 15.0. The van der Waals surface area contributed by atoms with Crippen LogP contribution in [0.2, 0.25) is 0 Å². The van der Waals surface area contributed by atoms with Gasteiger partial charge in [-0.15, -0.1) is 5.10 Å². The molecular formula is C79H88N12O16. The third-order valence-corrected chi connectivity index (χ3v) is 21.0. The maximum atomic E-state index is 14.6. The lowest BCUT2D eigenvalue weighted by Gasteiger charge is -2.28. The standard InChI is InChI=1S/C79H88N12O16/c1-44(2)70(85-67(94)39-82-66(93)38-81-65(92)25-26-68(95)90-40-48-13-8-9-14-53(48)72-71(86-87-88(72)4)54-15-10-11-16-59(54)90)75(98)83-45(3)74(97)84-50-21-17-46(18-22-50)42-107-78(101)69-55-32-63(61(103-6)33-56(55)76(99)91-43-79(27-28-79)36-60(91)73(69)96)105-29-12-30-106-64-35-58-57(34-62(64)104-7)77(100)89-41-49(31-51(89)37-80-58)47-19-23-52(102-5)24-20-47/h8-11,13-24,32-35,44-45,49,51,60,69-70,73,80,96H,12,25-31,36-43H2,1-7H3,(H,81,92)(H,82,93)(H,83,98)(H,84,97)(H,85,94)/t45-,49?,51-,60-,69?,70-,73-/m0/s1. The molecular weight excluding hydrogens is 1370 g/mol. The van der Waals surface area contributed by atoms with Gasteiger partial charge in [-0.1, -0.05) is 85.8 Å². The topological polar surface area (TPSA) is 342 Å². The smallest absolute Gasteiger partial charge is 0.316 e. The molecule has 2 saturated heterocycles. The third kappa shape index (κ3) is 15.9. The molecule has 1 saturated carbocycles. The minimum atomic E-state index is -1.33. The molecule has 6 aromatic carbocycles. The highest BCUT2D eigenvalue weighted by Crippen LogP contribution is 2.57. The molecule has 28 heteroatoms. The molecule has 6 heterocycles. The van der Waals surface area contributed by atoms with E-state index in [4.69, 9.17) is 28.4 Å². The number of aryl methyl sites for hydroxylation is 1. The van der Waals surface area contributed by atoms with Crippen LogP contribution in [0.4, 0.5) is 17.1 Å². The van der Waals surface area contributed by atoms with Crippen molar-refractivity contribution in [3.8, 4) is 51.3 Å². The molecule has 107 heavy (non-hydrogen) atoms. The summed E-state index contributed by atoms with van der Waals surface area (Å²) in [7, 11) is 6.43. The van der Waals surface area contributed by atoms with E-state index in [1.807, 2.05) is 72.6 Å². The van der Waals surface area contributed by atoms with Crippen molar-refractivity contribution in [3.63, 3.8) is 0 Å². The number of esters is 1. The molecule has 1 spiro atoms. The number of hydrogen-bond acceptors (Lipinski definition) is 19. The van der Waals surface area contributed by atoms with E-state index in [9.17, 15) is 48.3 Å². The molecule has 1 aromatic heterocycles. The maximum absolute atomic E-state index is 14.6. The van der Waals surface area contributed by atoms with E-state index in [-0.39, 0.29) is 96.9 Å².